The Labute approximate surface area is 98.9 Å². The Morgan fingerprint density at radius 1 is 1.31 bits per heavy atom. The highest BCUT2D eigenvalue weighted by Crippen LogP contribution is 2.40. The Kier molecular flexibility index (Phi) is 4.62. The molecule has 3 heteroatoms. The van der Waals surface area contributed by atoms with Crippen LogP contribution in [-0.2, 0) is 9.47 Å². The smallest absolute Gasteiger partial charge is 0.0698 e. The molecule has 0 aromatic carbocycles. The molecule has 0 bridgehead atoms. The molecule has 0 radical (unpaired) electrons. The van der Waals surface area contributed by atoms with Gasteiger partial charge in [0.15, 0.2) is 0 Å². The lowest BCUT2D eigenvalue weighted by molar-refractivity contribution is -0.164. The van der Waals surface area contributed by atoms with Crippen LogP contribution >= 0.6 is 0 Å². The highest BCUT2D eigenvalue weighted by atomic mass is 16.5. The summed E-state index contributed by atoms with van der Waals surface area (Å²) in [4.78, 5) is 0. The maximum absolute atomic E-state index is 6.34. The van der Waals surface area contributed by atoms with Crippen LogP contribution in [0.3, 0.4) is 0 Å². The fourth-order valence-electron chi connectivity index (χ4n) is 2.64. The Balaban J connectivity index is 1.74. The summed E-state index contributed by atoms with van der Waals surface area (Å²) in [6, 6.07) is 0. The van der Waals surface area contributed by atoms with Gasteiger partial charge in [-0.15, -0.1) is 0 Å². The van der Waals surface area contributed by atoms with Gasteiger partial charge in [0, 0.05) is 13.2 Å². The second-order valence-corrected chi connectivity index (χ2v) is 5.07. The first-order valence-corrected chi connectivity index (χ1v) is 6.81. The minimum atomic E-state index is 0.212. The summed E-state index contributed by atoms with van der Waals surface area (Å²) in [5, 5.41) is 3.40. The molecule has 0 amide bonds. The number of nitrogens with one attached hydrogen (secondary N) is 1. The van der Waals surface area contributed by atoms with Gasteiger partial charge in [-0.2, -0.15) is 0 Å². The zero-order chi connectivity index (χ0) is 11.3. The van der Waals surface area contributed by atoms with Crippen molar-refractivity contribution >= 4 is 0 Å². The van der Waals surface area contributed by atoms with Crippen LogP contribution in [0.5, 0.6) is 0 Å². The lowest BCUT2D eigenvalue weighted by Crippen LogP contribution is -2.46. The van der Waals surface area contributed by atoms with Gasteiger partial charge in [-0.05, 0) is 51.6 Å². The number of hydrogen-bond donors (Lipinski definition) is 1. The van der Waals surface area contributed by atoms with Crippen LogP contribution in [0.15, 0.2) is 0 Å². The third kappa shape index (κ3) is 3.19. The maximum Gasteiger partial charge on any atom is 0.0698 e. The Morgan fingerprint density at radius 3 is 2.62 bits per heavy atom. The van der Waals surface area contributed by atoms with Gasteiger partial charge < -0.3 is 14.8 Å². The average Bonchev–Trinajstić information content (AvgIpc) is 2.27. The van der Waals surface area contributed by atoms with E-state index in [4.69, 9.17) is 9.47 Å². The van der Waals surface area contributed by atoms with E-state index in [1.54, 1.807) is 0 Å². The summed E-state index contributed by atoms with van der Waals surface area (Å²) in [7, 11) is 0. The average molecular weight is 227 g/mol. The maximum atomic E-state index is 6.34. The number of rotatable bonds is 6. The molecule has 2 aliphatic rings. The molecule has 0 aromatic rings. The standard InChI is InChI=1S/C13H25NO2/c1-2-14-9-8-13(6-3-7-13)16-12-4-10-15-11-5-12/h12,14H,2-11H2,1H3. The van der Waals surface area contributed by atoms with Crippen molar-refractivity contribution in [2.45, 2.75) is 57.2 Å². The van der Waals surface area contributed by atoms with E-state index in [0.29, 0.717) is 6.10 Å². The normalized spacial score (nSPS) is 25.3. The first-order valence-electron chi connectivity index (χ1n) is 6.81. The highest BCUT2D eigenvalue weighted by Gasteiger charge is 2.39. The van der Waals surface area contributed by atoms with Gasteiger partial charge in [-0.1, -0.05) is 6.92 Å². The minimum Gasteiger partial charge on any atom is -0.381 e. The molecule has 1 heterocycles. The van der Waals surface area contributed by atoms with E-state index in [1.807, 2.05) is 0 Å². The molecule has 3 nitrogen and oxygen atoms in total. The van der Waals surface area contributed by atoms with Crippen molar-refractivity contribution < 1.29 is 9.47 Å². The van der Waals surface area contributed by atoms with Gasteiger partial charge in [-0.25, -0.2) is 0 Å². The predicted molar refractivity (Wildman–Crippen MR) is 64.7 cm³/mol. The van der Waals surface area contributed by atoms with E-state index < -0.39 is 0 Å². The minimum absolute atomic E-state index is 0.212. The lowest BCUT2D eigenvalue weighted by atomic mass is 9.77. The van der Waals surface area contributed by atoms with Crippen molar-refractivity contribution in [2.24, 2.45) is 0 Å². The van der Waals surface area contributed by atoms with Crippen LogP contribution in [0, 0.1) is 0 Å². The molecule has 1 aliphatic carbocycles. The Bertz CT molecular complexity index is 198. The number of hydrogen-bond acceptors (Lipinski definition) is 3. The van der Waals surface area contributed by atoms with Crippen molar-refractivity contribution in [2.75, 3.05) is 26.3 Å². The van der Waals surface area contributed by atoms with Gasteiger partial charge in [0.1, 0.15) is 0 Å². The van der Waals surface area contributed by atoms with Gasteiger partial charge >= 0.3 is 0 Å². The van der Waals surface area contributed by atoms with Crippen LogP contribution in [0.2, 0.25) is 0 Å². The molecule has 1 N–H and O–H groups in total. The van der Waals surface area contributed by atoms with Gasteiger partial charge in [0.25, 0.3) is 0 Å². The molecule has 0 spiro atoms. The van der Waals surface area contributed by atoms with E-state index in [-0.39, 0.29) is 5.60 Å². The van der Waals surface area contributed by atoms with E-state index in [2.05, 4.69) is 12.2 Å². The molecular weight excluding hydrogens is 202 g/mol. The fraction of sp³-hybridized carbons (Fsp3) is 1.00. The second kappa shape index (κ2) is 5.99. The predicted octanol–water partition coefficient (Wildman–Crippen LogP) is 2.10. The second-order valence-electron chi connectivity index (χ2n) is 5.07. The topological polar surface area (TPSA) is 30.5 Å². The first kappa shape index (κ1) is 12.3. The molecule has 0 unspecified atom stereocenters. The molecule has 0 atom stereocenters. The molecule has 94 valence electrons. The van der Waals surface area contributed by atoms with E-state index in [0.717, 1.165) is 39.1 Å². The van der Waals surface area contributed by atoms with Gasteiger partial charge in [-0.3, -0.25) is 0 Å². The summed E-state index contributed by atoms with van der Waals surface area (Å²) in [6.45, 7) is 6.09. The summed E-state index contributed by atoms with van der Waals surface area (Å²) >= 11 is 0. The Hall–Kier alpha value is -0.120. The molecule has 0 aromatic heterocycles. The molecule has 16 heavy (non-hydrogen) atoms. The summed E-state index contributed by atoms with van der Waals surface area (Å²) < 4.78 is 11.7. The molecular formula is C13H25NO2. The highest BCUT2D eigenvalue weighted by molar-refractivity contribution is 4.91. The molecule has 1 saturated carbocycles. The SMILES string of the molecule is CCNCCC1(OC2CCOCC2)CCC1. The van der Waals surface area contributed by atoms with Crippen LogP contribution in [-0.4, -0.2) is 38.0 Å². The largest absolute Gasteiger partial charge is 0.381 e. The third-order valence-electron chi connectivity index (χ3n) is 3.86. The lowest BCUT2D eigenvalue weighted by Gasteiger charge is -2.45. The quantitative estimate of drug-likeness (QED) is 0.705. The third-order valence-corrected chi connectivity index (χ3v) is 3.86. The van der Waals surface area contributed by atoms with Crippen molar-refractivity contribution in [1.82, 2.24) is 5.32 Å². The van der Waals surface area contributed by atoms with Crippen LogP contribution < -0.4 is 5.32 Å². The van der Waals surface area contributed by atoms with E-state index >= 15 is 0 Å². The summed E-state index contributed by atoms with van der Waals surface area (Å²) in [5.74, 6) is 0. The van der Waals surface area contributed by atoms with Crippen LogP contribution in [0.25, 0.3) is 0 Å². The van der Waals surface area contributed by atoms with E-state index in [1.165, 1.54) is 25.7 Å². The van der Waals surface area contributed by atoms with Gasteiger partial charge in [0.05, 0.1) is 11.7 Å². The fourth-order valence-corrected chi connectivity index (χ4v) is 2.64. The molecule has 2 fully saturated rings. The van der Waals surface area contributed by atoms with Gasteiger partial charge in [0.2, 0.25) is 0 Å². The van der Waals surface area contributed by atoms with E-state index in [9.17, 15) is 0 Å². The summed E-state index contributed by atoms with van der Waals surface area (Å²) in [6.07, 6.45) is 7.67. The van der Waals surface area contributed by atoms with Crippen molar-refractivity contribution in [3.8, 4) is 0 Å². The molecule has 1 saturated heterocycles. The van der Waals surface area contributed by atoms with Crippen LogP contribution in [0.1, 0.15) is 45.4 Å². The summed E-state index contributed by atoms with van der Waals surface area (Å²) in [5.41, 5.74) is 0.212. The Morgan fingerprint density at radius 2 is 2.06 bits per heavy atom. The van der Waals surface area contributed by atoms with Crippen molar-refractivity contribution in [3.05, 3.63) is 0 Å². The zero-order valence-electron chi connectivity index (χ0n) is 10.5. The van der Waals surface area contributed by atoms with Crippen molar-refractivity contribution in [3.63, 3.8) is 0 Å². The monoisotopic (exact) mass is 227 g/mol. The molecule has 1 aliphatic heterocycles. The van der Waals surface area contributed by atoms with Crippen LogP contribution in [0.4, 0.5) is 0 Å². The number of ether oxygens (including phenoxy) is 2. The molecule has 2 rings (SSSR count). The zero-order valence-corrected chi connectivity index (χ0v) is 10.5. The first-order chi connectivity index (χ1) is 7.85. The van der Waals surface area contributed by atoms with Crippen molar-refractivity contribution in [1.29, 1.82) is 0 Å².